The maximum Gasteiger partial charge on any atom is 0.0543 e. The van der Waals surface area contributed by atoms with E-state index in [0.717, 1.165) is 0 Å². The molecular weight excluding hydrogens is 316 g/mol. The molecule has 2 heterocycles. The maximum absolute atomic E-state index is 4.14. The van der Waals surface area contributed by atoms with Gasteiger partial charge < -0.3 is 4.57 Å². The zero-order valence-electron chi connectivity index (χ0n) is 14.6. The number of benzene rings is 3. The van der Waals surface area contributed by atoms with Gasteiger partial charge in [0.05, 0.1) is 11.0 Å². The standard InChI is InChI=1S/C24H18N2/c1-17-6-5-9-23-24(17)21-16-19(18-12-14-25-15-13-18)10-11-22(21)26(23)20-7-3-2-4-8-20/h2-16H,1H3. The topological polar surface area (TPSA) is 17.8 Å². The van der Waals surface area contributed by atoms with Gasteiger partial charge >= 0.3 is 0 Å². The van der Waals surface area contributed by atoms with Crippen LogP contribution in [-0.2, 0) is 0 Å². The molecule has 0 saturated carbocycles. The van der Waals surface area contributed by atoms with Crippen LogP contribution >= 0.6 is 0 Å². The monoisotopic (exact) mass is 334 g/mol. The number of rotatable bonds is 2. The molecule has 124 valence electrons. The molecule has 0 fully saturated rings. The molecule has 26 heavy (non-hydrogen) atoms. The molecule has 0 aliphatic carbocycles. The first-order chi connectivity index (χ1) is 12.8. The van der Waals surface area contributed by atoms with Crippen LogP contribution in [0.4, 0.5) is 0 Å². The molecule has 5 aromatic rings. The summed E-state index contributed by atoms with van der Waals surface area (Å²) in [6, 6.07) is 28.0. The fourth-order valence-electron chi connectivity index (χ4n) is 3.83. The molecule has 2 nitrogen and oxygen atoms in total. The lowest BCUT2D eigenvalue weighted by molar-refractivity contribution is 1.18. The number of nitrogens with zero attached hydrogens (tertiary/aromatic N) is 2. The van der Waals surface area contributed by atoms with Gasteiger partial charge in [-0.15, -0.1) is 0 Å². The largest absolute Gasteiger partial charge is 0.309 e. The van der Waals surface area contributed by atoms with Crippen molar-refractivity contribution in [2.75, 3.05) is 0 Å². The van der Waals surface area contributed by atoms with Crippen molar-refractivity contribution in [2.24, 2.45) is 0 Å². The minimum absolute atomic E-state index is 1.19. The first-order valence-electron chi connectivity index (χ1n) is 8.82. The second kappa shape index (κ2) is 5.85. The van der Waals surface area contributed by atoms with Crippen LogP contribution in [0.1, 0.15) is 5.56 Å². The highest BCUT2D eigenvalue weighted by Crippen LogP contribution is 2.36. The average Bonchev–Trinajstić information content (AvgIpc) is 3.04. The summed E-state index contributed by atoms with van der Waals surface area (Å²) in [4.78, 5) is 4.14. The van der Waals surface area contributed by atoms with Crippen LogP contribution in [0, 0.1) is 6.92 Å². The van der Waals surface area contributed by atoms with Crippen molar-refractivity contribution in [2.45, 2.75) is 6.92 Å². The average molecular weight is 334 g/mol. The van der Waals surface area contributed by atoms with Crippen LogP contribution in [0.15, 0.2) is 91.3 Å². The predicted octanol–water partition coefficient (Wildman–Crippen LogP) is 6.15. The first-order valence-corrected chi connectivity index (χ1v) is 8.82. The van der Waals surface area contributed by atoms with Crippen molar-refractivity contribution >= 4 is 21.8 Å². The van der Waals surface area contributed by atoms with Gasteiger partial charge in [-0.2, -0.15) is 0 Å². The molecule has 0 bridgehead atoms. The van der Waals surface area contributed by atoms with Gasteiger partial charge in [0.25, 0.3) is 0 Å². The zero-order chi connectivity index (χ0) is 17.5. The van der Waals surface area contributed by atoms with Crippen LogP contribution < -0.4 is 0 Å². The molecule has 0 atom stereocenters. The van der Waals surface area contributed by atoms with E-state index in [9.17, 15) is 0 Å². The Morgan fingerprint density at radius 3 is 2.31 bits per heavy atom. The lowest BCUT2D eigenvalue weighted by Gasteiger charge is -2.08. The fraction of sp³-hybridized carbons (Fsp3) is 0.0417. The number of aromatic nitrogens is 2. The van der Waals surface area contributed by atoms with Crippen molar-refractivity contribution in [1.82, 2.24) is 9.55 Å². The van der Waals surface area contributed by atoms with Crippen molar-refractivity contribution in [1.29, 1.82) is 0 Å². The first kappa shape index (κ1) is 14.9. The van der Waals surface area contributed by atoms with Crippen molar-refractivity contribution in [3.05, 3.63) is 96.8 Å². The van der Waals surface area contributed by atoms with Gasteiger partial charge in [-0.3, -0.25) is 4.98 Å². The van der Waals surface area contributed by atoms with Crippen molar-refractivity contribution < 1.29 is 0 Å². The highest BCUT2D eigenvalue weighted by atomic mass is 15.0. The van der Waals surface area contributed by atoms with E-state index >= 15 is 0 Å². The summed E-state index contributed by atoms with van der Waals surface area (Å²) in [6.45, 7) is 2.19. The van der Waals surface area contributed by atoms with Crippen LogP contribution in [0.25, 0.3) is 38.6 Å². The van der Waals surface area contributed by atoms with Gasteiger partial charge in [-0.1, -0.05) is 36.4 Å². The van der Waals surface area contributed by atoms with Crippen LogP contribution in [0.5, 0.6) is 0 Å². The van der Waals surface area contributed by atoms with Gasteiger partial charge in [0.2, 0.25) is 0 Å². The molecular formula is C24H18N2. The van der Waals surface area contributed by atoms with E-state index in [4.69, 9.17) is 0 Å². The molecule has 0 aliphatic heterocycles. The molecule has 2 heteroatoms. The Balaban J connectivity index is 1.89. The van der Waals surface area contributed by atoms with Crippen molar-refractivity contribution in [3.63, 3.8) is 0 Å². The van der Waals surface area contributed by atoms with Gasteiger partial charge in [0.15, 0.2) is 0 Å². The quantitative estimate of drug-likeness (QED) is 0.378. The highest BCUT2D eigenvalue weighted by molar-refractivity contribution is 6.11. The highest BCUT2D eigenvalue weighted by Gasteiger charge is 2.14. The summed E-state index contributed by atoms with van der Waals surface area (Å²) in [5.74, 6) is 0. The van der Waals surface area contributed by atoms with E-state index in [2.05, 4.69) is 95.3 Å². The Hall–Kier alpha value is -3.39. The normalized spacial score (nSPS) is 11.3. The van der Waals surface area contributed by atoms with Gasteiger partial charge in [-0.25, -0.2) is 0 Å². The van der Waals surface area contributed by atoms with E-state index in [0.29, 0.717) is 0 Å². The third-order valence-electron chi connectivity index (χ3n) is 5.03. The molecule has 0 spiro atoms. The molecule has 0 saturated heterocycles. The number of hydrogen-bond donors (Lipinski definition) is 0. The molecule has 0 radical (unpaired) electrons. The van der Waals surface area contributed by atoms with Gasteiger partial charge in [-0.05, 0) is 66.1 Å². The minimum Gasteiger partial charge on any atom is -0.309 e. The maximum atomic E-state index is 4.14. The number of para-hydroxylation sites is 1. The number of hydrogen-bond acceptors (Lipinski definition) is 1. The Labute approximate surface area is 152 Å². The number of aryl methyl sites for hydroxylation is 1. The van der Waals surface area contributed by atoms with Crippen LogP contribution in [-0.4, -0.2) is 9.55 Å². The smallest absolute Gasteiger partial charge is 0.0543 e. The third kappa shape index (κ3) is 2.23. The van der Waals surface area contributed by atoms with Gasteiger partial charge in [0.1, 0.15) is 0 Å². The Kier molecular flexibility index (Phi) is 3.36. The van der Waals surface area contributed by atoms with Crippen LogP contribution in [0.3, 0.4) is 0 Å². The second-order valence-corrected chi connectivity index (χ2v) is 6.61. The summed E-state index contributed by atoms with van der Waals surface area (Å²) < 4.78 is 2.36. The molecule has 3 aromatic carbocycles. The molecule has 0 unspecified atom stereocenters. The third-order valence-corrected chi connectivity index (χ3v) is 5.03. The molecule has 2 aromatic heterocycles. The number of fused-ring (bicyclic) bond motifs is 3. The summed E-state index contributed by atoms with van der Waals surface area (Å²) in [5.41, 5.74) is 7.38. The lowest BCUT2D eigenvalue weighted by atomic mass is 10.0. The number of pyridine rings is 1. The zero-order valence-corrected chi connectivity index (χ0v) is 14.6. The van der Waals surface area contributed by atoms with E-state index in [1.807, 2.05) is 12.4 Å². The molecule has 0 amide bonds. The predicted molar refractivity (Wildman–Crippen MR) is 109 cm³/mol. The molecule has 0 aliphatic rings. The summed E-state index contributed by atoms with van der Waals surface area (Å²) in [5, 5.41) is 2.61. The summed E-state index contributed by atoms with van der Waals surface area (Å²) >= 11 is 0. The Morgan fingerprint density at radius 1 is 0.692 bits per heavy atom. The Morgan fingerprint density at radius 2 is 1.50 bits per heavy atom. The summed E-state index contributed by atoms with van der Waals surface area (Å²) in [6.07, 6.45) is 3.69. The second-order valence-electron chi connectivity index (χ2n) is 6.61. The molecule has 0 N–H and O–H groups in total. The Bertz CT molecular complexity index is 1220. The van der Waals surface area contributed by atoms with E-state index in [1.54, 1.807) is 0 Å². The summed E-state index contributed by atoms with van der Waals surface area (Å²) in [7, 11) is 0. The minimum atomic E-state index is 1.19. The van der Waals surface area contributed by atoms with E-state index in [1.165, 1.54) is 44.2 Å². The van der Waals surface area contributed by atoms with Crippen molar-refractivity contribution in [3.8, 4) is 16.8 Å². The molecule has 5 rings (SSSR count). The van der Waals surface area contributed by atoms with E-state index < -0.39 is 0 Å². The SMILES string of the molecule is Cc1cccc2c1c1cc(-c3ccncc3)ccc1n2-c1ccccc1. The fourth-order valence-corrected chi connectivity index (χ4v) is 3.83. The lowest BCUT2D eigenvalue weighted by Crippen LogP contribution is -1.93. The van der Waals surface area contributed by atoms with E-state index in [-0.39, 0.29) is 0 Å². The van der Waals surface area contributed by atoms with Gasteiger partial charge in [0, 0.05) is 28.9 Å². The van der Waals surface area contributed by atoms with Crippen LogP contribution in [0.2, 0.25) is 0 Å².